The van der Waals surface area contributed by atoms with Gasteiger partial charge in [0.1, 0.15) is 0 Å². The van der Waals surface area contributed by atoms with Gasteiger partial charge in [0.25, 0.3) is 0 Å². The quantitative estimate of drug-likeness (QED) is 0.401. The zero-order valence-corrected chi connectivity index (χ0v) is 20.8. The summed E-state index contributed by atoms with van der Waals surface area (Å²) in [5, 5.41) is 30.7. The second-order valence-corrected chi connectivity index (χ2v) is 11.8. The lowest BCUT2D eigenvalue weighted by atomic mass is 9.47. The molecular weight excluding hydrogens is 470 g/mol. The second-order valence-electron chi connectivity index (χ2n) is 9.82. The molecule has 10 heteroatoms. The van der Waals surface area contributed by atoms with Gasteiger partial charge in [-0.15, -0.1) is 22.7 Å². The first-order valence-electron chi connectivity index (χ1n) is 11.5. The number of pyridine rings is 1. The van der Waals surface area contributed by atoms with E-state index in [0.717, 1.165) is 34.2 Å². The lowest BCUT2D eigenvalue weighted by Gasteiger charge is -2.58. The highest BCUT2D eigenvalue weighted by molar-refractivity contribution is 7.15. The fourth-order valence-corrected chi connectivity index (χ4v) is 7.53. The molecule has 180 valence electrons. The van der Waals surface area contributed by atoms with Gasteiger partial charge in [0.15, 0.2) is 10.3 Å². The molecule has 2 aliphatic rings. The topological polar surface area (TPSA) is 120 Å². The van der Waals surface area contributed by atoms with Gasteiger partial charge in [-0.2, -0.15) is 0 Å². The zero-order chi connectivity index (χ0) is 23.9. The molecule has 0 saturated heterocycles. The average molecular weight is 500 g/mol. The number of carbonyl (C=O) groups excluding carboxylic acids is 1. The van der Waals surface area contributed by atoms with Gasteiger partial charge in [-0.1, -0.05) is 13.8 Å². The van der Waals surface area contributed by atoms with E-state index in [1.807, 2.05) is 24.4 Å². The van der Waals surface area contributed by atoms with Crippen LogP contribution in [0.4, 0.5) is 16.0 Å². The van der Waals surface area contributed by atoms with Crippen molar-refractivity contribution in [2.75, 3.05) is 17.2 Å². The summed E-state index contributed by atoms with van der Waals surface area (Å²) in [5.41, 5.74) is 0.867. The molecule has 1 fully saturated rings. The first kappa shape index (κ1) is 23.3. The van der Waals surface area contributed by atoms with E-state index in [2.05, 4.69) is 27.5 Å². The number of rotatable bonds is 6. The van der Waals surface area contributed by atoms with Crippen molar-refractivity contribution in [1.29, 1.82) is 0 Å². The number of fused-ring (bicyclic) bond motifs is 2. The number of hydrogen-bond donors (Lipinski definition) is 4. The molecule has 5 rings (SSSR count). The van der Waals surface area contributed by atoms with Crippen molar-refractivity contribution in [2.45, 2.75) is 51.6 Å². The van der Waals surface area contributed by atoms with Gasteiger partial charge in [0.2, 0.25) is 5.91 Å². The van der Waals surface area contributed by atoms with Crippen LogP contribution in [-0.2, 0) is 11.2 Å². The van der Waals surface area contributed by atoms with Crippen molar-refractivity contribution >= 4 is 44.5 Å². The van der Waals surface area contributed by atoms with Crippen LogP contribution in [0.5, 0.6) is 0 Å². The predicted molar refractivity (Wildman–Crippen MR) is 133 cm³/mol. The number of aliphatic hydroxyl groups excluding tert-OH is 2. The molecule has 34 heavy (non-hydrogen) atoms. The first-order valence-corrected chi connectivity index (χ1v) is 13.2. The minimum atomic E-state index is -0.643. The molecule has 4 N–H and O–H groups in total. The van der Waals surface area contributed by atoms with Crippen LogP contribution in [-0.4, -0.2) is 43.8 Å². The van der Waals surface area contributed by atoms with Crippen molar-refractivity contribution in [2.24, 2.45) is 16.7 Å². The number of nitrogens with zero attached hydrogens (tertiary/aromatic N) is 3. The van der Waals surface area contributed by atoms with Crippen LogP contribution < -0.4 is 10.6 Å². The number of thiazole rings is 2. The molecule has 5 atom stereocenters. The van der Waals surface area contributed by atoms with Gasteiger partial charge >= 0.3 is 0 Å². The number of hydrogen-bond acceptors (Lipinski definition) is 9. The molecule has 0 bridgehead atoms. The molecule has 1 amide bonds. The highest BCUT2D eigenvalue weighted by atomic mass is 32.1. The van der Waals surface area contributed by atoms with Gasteiger partial charge in [0, 0.05) is 40.4 Å². The van der Waals surface area contributed by atoms with E-state index >= 15 is 0 Å². The Labute approximate surface area is 206 Å². The molecule has 8 nitrogen and oxygen atoms in total. The fraction of sp³-hybridized carbons (Fsp3) is 0.500. The molecule has 3 aromatic rings. The molecule has 0 aromatic carbocycles. The van der Waals surface area contributed by atoms with Gasteiger partial charge in [-0.25, -0.2) is 9.97 Å². The largest absolute Gasteiger partial charge is 0.396 e. The molecule has 3 heterocycles. The van der Waals surface area contributed by atoms with E-state index < -0.39 is 11.5 Å². The Balaban J connectivity index is 1.52. The number of aliphatic hydroxyl groups is 2. The van der Waals surface area contributed by atoms with Crippen LogP contribution >= 0.6 is 22.7 Å². The number of carbonyl (C=O) groups is 1. The van der Waals surface area contributed by atoms with E-state index in [4.69, 9.17) is 4.98 Å². The van der Waals surface area contributed by atoms with Crippen molar-refractivity contribution in [3.8, 4) is 0 Å². The SMILES string of the molecule is CC1(CO)C(O)CCC2(C)C(CC(=O)Nc3nccs3)c3nc(Nc4cccnc4)sc3CC12. The summed E-state index contributed by atoms with van der Waals surface area (Å²) >= 11 is 2.97. The molecule has 5 unspecified atom stereocenters. The second kappa shape index (κ2) is 8.99. The summed E-state index contributed by atoms with van der Waals surface area (Å²) in [7, 11) is 0. The molecule has 0 aliphatic heterocycles. The molecule has 2 aliphatic carbocycles. The number of amides is 1. The summed E-state index contributed by atoms with van der Waals surface area (Å²) in [6.45, 7) is 4.09. The standard InChI is InChI=1S/C24H29N5O3S2/c1-23-6-5-18(31)24(2,13-30)17(23)11-16-20(15(23)10-19(32)28-21-26-8-9-33-21)29-22(34-16)27-14-4-3-7-25-12-14/h3-4,7-9,12,15,17-18,30-31H,5-6,10-11,13H2,1-2H3,(H,27,29)(H,26,28,32). The van der Waals surface area contributed by atoms with Crippen molar-refractivity contribution < 1.29 is 15.0 Å². The summed E-state index contributed by atoms with van der Waals surface area (Å²) in [6.07, 6.45) is 6.91. The van der Waals surface area contributed by atoms with E-state index in [-0.39, 0.29) is 36.2 Å². The highest BCUT2D eigenvalue weighted by Crippen LogP contribution is 2.62. The summed E-state index contributed by atoms with van der Waals surface area (Å²) in [6, 6.07) is 3.80. The average Bonchev–Trinajstić information content (AvgIpc) is 3.48. The number of nitrogens with one attached hydrogen (secondary N) is 2. The Morgan fingerprint density at radius 1 is 1.29 bits per heavy atom. The Morgan fingerprint density at radius 2 is 2.15 bits per heavy atom. The lowest BCUT2D eigenvalue weighted by Crippen LogP contribution is -2.57. The van der Waals surface area contributed by atoms with Gasteiger partial charge in [-0.05, 0) is 42.7 Å². The minimum Gasteiger partial charge on any atom is -0.396 e. The maximum atomic E-state index is 13.1. The number of aromatic nitrogens is 3. The zero-order valence-electron chi connectivity index (χ0n) is 19.2. The summed E-state index contributed by atoms with van der Waals surface area (Å²) < 4.78 is 0. The van der Waals surface area contributed by atoms with E-state index in [1.54, 1.807) is 29.9 Å². The molecule has 0 radical (unpaired) electrons. The normalized spacial score (nSPS) is 30.3. The van der Waals surface area contributed by atoms with Crippen LogP contribution in [0, 0.1) is 16.7 Å². The molecule has 0 spiro atoms. The molecule has 3 aromatic heterocycles. The monoisotopic (exact) mass is 499 g/mol. The van der Waals surface area contributed by atoms with Crippen molar-refractivity contribution in [3.63, 3.8) is 0 Å². The van der Waals surface area contributed by atoms with Crippen molar-refractivity contribution in [1.82, 2.24) is 15.0 Å². The van der Waals surface area contributed by atoms with Gasteiger partial charge < -0.3 is 20.8 Å². The number of anilines is 3. The maximum Gasteiger partial charge on any atom is 0.226 e. The van der Waals surface area contributed by atoms with Crippen LogP contribution in [0.2, 0.25) is 0 Å². The molecule has 1 saturated carbocycles. The fourth-order valence-electron chi connectivity index (χ4n) is 5.90. The van der Waals surface area contributed by atoms with E-state index in [9.17, 15) is 15.0 Å². The Kier molecular flexibility index (Phi) is 6.18. The summed E-state index contributed by atoms with van der Waals surface area (Å²) in [4.78, 5) is 27.5. The van der Waals surface area contributed by atoms with Gasteiger partial charge in [0.05, 0.1) is 30.3 Å². The highest BCUT2D eigenvalue weighted by Gasteiger charge is 2.59. The van der Waals surface area contributed by atoms with Crippen LogP contribution in [0.15, 0.2) is 36.1 Å². The first-order chi connectivity index (χ1) is 16.3. The van der Waals surface area contributed by atoms with E-state index in [0.29, 0.717) is 11.6 Å². The van der Waals surface area contributed by atoms with Crippen LogP contribution in [0.1, 0.15) is 49.6 Å². The van der Waals surface area contributed by atoms with E-state index in [1.165, 1.54) is 11.3 Å². The summed E-state index contributed by atoms with van der Waals surface area (Å²) in [5.74, 6) is -0.217. The third kappa shape index (κ3) is 4.02. The van der Waals surface area contributed by atoms with Crippen molar-refractivity contribution in [3.05, 3.63) is 46.7 Å². The van der Waals surface area contributed by atoms with Crippen LogP contribution in [0.25, 0.3) is 0 Å². The smallest absolute Gasteiger partial charge is 0.226 e. The third-order valence-electron chi connectivity index (χ3n) is 7.87. The Hall–Kier alpha value is -2.40. The third-order valence-corrected chi connectivity index (χ3v) is 9.57. The van der Waals surface area contributed by atoms with Crippen LogP contribution in [0.3, 0.4) is 0 Å². The minimum absolute atomic E-state index is 0.0191. The Morgan fingerprint density at radius 3 is 2.85 bits per heavy atom. The Bertz CT molecular complexity index is 1150. The van der Waals surface area contributed by atoms with Gasteiger partial charge in [-0.3, -0.25) is 9.78 Å². The lowest BCUT2D eigenvalue weighted by molar-refractivity contribution is -0.143. The maximum absolute atomic E-state index is 13.1. The predicted octanol–water partition coefficient (Wildman–Crippen LogP) is 4.18. The molecular formula is C24H29N5O3S2.